The minimum atomic E-state index is 0.357. The fraction of sp³-hybridized carbons (Fsp3) is 0.571. The van der Waals surface area contributed by atoms with Gasteiger partial charge in [-0.15, -0.1) is 11.3 Å². The molecule has 1 aliphatic carbocycles. The van der Waals surface area contributed by atoms with E-state index in [9.17, 15) is 0 Å². The van der Waals surface area contributed by atoms with Crippen LogP contribution in [-0.4, -0.2) is 13.7 Å². The maximum absolute atomic E-state index is 5.45. The second kappa shape index (κ2) is 6.22. The van der Waals surface area contributed by atoms with Gasteiger partial charge in [0.25, 0.3) is 0 Å². The lowest BCUT2D eigenvalue weighted by Gasteiger charge is -2.24. The van der Waals surface area contributed by atoms with Crippen molar-refractivity contribution in [1.29, 1.82) is 0 Å². The summed E-state index contributed by atoms with van der Waals surface area (Å²) in [6.45, 7) is 3.15. The van der Waals surface area contributed by atoms with Gasteiger partial charge in [-0.05, 0) is 43.7 Å². The second-order valence-corrected chi connectivity index (χ2v) is 5.32. The van der Waals surface area contributed by atoms with Gasteiger partial charge in [0.15, 0.2) is 0 Å². The minimum absolute atomic E-state index is 0.357. The number of nitrogens with one attached hydrogen (secondary N) is 1. The van der Waals surface area contributed by atoms with Crippen molar-refractivity contribution in [3.05, 3.63) is 28.0 Å². The van der Waals surface area contributed by atoms with E-state index in [-0.39, 0.29) is 0 Å². The van der Waals surface area contributed by atoms with E-state index in [1.165, 1.54) is 30.6 Å². The molecule has 0 fully saturated rings. The average molecular weight is 251 g/mol. The molecule has 0 spiro atoms. The smallest absolute Gasteiger partial charge is 0.134 e. The summed E-state index contributed by atoms with van der Waals surface area (Å²) in [6.07, 6.45) is 7.52. The Morgan fingerprint density at radius 2 is 2.35 bits per heavy atom. The van der Waals surface area contributed by atoms with Gasteiger partial charge < -0.3 is 10.1 Å². The molecule has 0 aliphatic heterocycles. The van der Waals surface area contributed by atoms with Gasteiger partial charge >= 0.3 is 0 Å². The Bertz CT molecular complexity index is 383. The number of likely N-dealkylation sites (N-methyl/N-ethyl adjacent to an activating group) is 1. The Morgan fingerprint density at radius 1 is 1.47 bits per heavy atom. The summed E-state index contributed by atoms with van der Waals surface area (Å²) in [7, 11) is 1.75. The molecular formula is C14H21NOS. The third kappa shape index (κ3) is 2.90. The molecule has 94 valence electrons. The van der Waals surface area contributed by atoms with Crippen LogP contribution in [-0.2, 0) is 0 Å². The Labute approximate surface area is 108 Å². The normalized spacial score (nSPS) is 17.6. The van der Waals surface area contributed by atoms with Crippen LogP contribution in [0.5, 0.6) is 5.75 Å². The molecule has 0 saturated carbocycles. The van der Waals surface area contributed by atoms with Crippen molar-refractivity contribution in [2.24, 2.45) is 0 Å². The van der Waals surface area contributed by atoms with Crippen LogP contribution in [0.2, 0.25) is 0 Å². The molecule has 1 N–H and O–H groups in total. The van der Waals surface area contributed by atoms with Gasteiger partial charge in [0.1, 0.15) is 5.75 Å². The van der Waals surface area contributed by atoms with Crippen molar-refractivity contribution in [3.63, 3.8) is 0 Å². The maximum Gasteiger partial charge on any atom is 0.134 e. The Hall–Kier alpha value is -0.800. The Morgan fingerprint density at radius 3 is 3.00 bits per heavy atom. The van der Waals surface area contributed by atoms with Gasteiger partial charge in [-0.2, -0.15) is 0 Å². The molecule has 3 heteroatoms. The van der Waals surface area contributed by atoms with E-state index in [4.69, 9.17) is 4.74 Å². The zero-order valence-corrected chi connectivity index (χ0v) is 11.5. The van der Waals surface area contributed by atoms with Gasteiger partial charge in [-0.1, -0.05) is 18.6 Å². The van der Waals surface area contributed by atoms with E-state index < -0.39 is 0 Å². The maximum atomic E-state index is 5.45. The average Bonchev–Trinajstić information content (AvgIpc) is 2.85. The molecule has 1 atom stereocenters. The van der Waals surface area contributed by atoms with Crippen LogP contribution >= 0.6 is 11.3 Å². The van der Waals surface area contributed by atoms with Crippen LogP contribution in [0.1, 0.15) is 43.5 Å². The van der Waals surface area contributed by atoms with Crippen molar-refractivity contribution in [1.82, 2.24) is 5.32 Å². The van der Waals surface area contributed by atoms with Crippen LogP contribution in [0.4, 0.5) is 0 Å². The fourth-order valence-electron chi connectivity index (χ4n) is 2.41. The van der Waals surface area contributed by atoms with Gasteiger partial charge in [0.2, 0.25) is 0 Å². The summed E-state index contributed by atoms with van der Waals surface area (Å²) >= 11 is 1.79. The number of allylic oxidation sites excluding steroid dienone is 1. The van der Waals surface area contributed by atoms with E-state index in [0.717, 1.165) is 12.3 Å². The number of hydrogen-bond acceptors (Lipinski definition) is 3. The molecule has 1 aromatic heterocycles. The number of methoxy groups -OCH3 is 1. The molecule has 0 aromatic carbocycles. The molecule has 1 unspecified atom stereocenters. The van der Waals surface area contributed by atoms with Crippen LogP contribution in [0.15, 0.2) is 23.1 Å². The highest BCUT2D eigenvalue weighted by Gasteiger charge is 2.21. The third-order valence-electron chi connectivity index (χ3n) is 3.24. The lowest BCUT2D eigenvalue weighted by Crippen LogP contribution is -2.23. The minimum Gasteiger partial charge on any atom is -0.496 e. The van der Waals surface area contributed by atoms with Crippen LogP contribution in [0.3, 0.4) is 0 Å². The first kappa shape index (κ1) is 12.7. The van der Waals surface area contributed by atoms with Crippen molar-refractivity contribution < 1.29 is 4.74 Å². The summed E-state index contributed by atoms with van der Waals surface area (Å²) in [4.78, 5) is 1.32. The summed E-state index contributed by atoms with van der Waals surface area (Å²) in [5.41, 5.74) is 1.54. The van der Waals surface area contributed by atoms with E-state index in [1.807, 2.05) is 0 Å². The van der Waals surface area contributed by atoms with Crippen LogP contribution in [0.25, 0.3) is 0 Å². The fourth-order valence-corrected chi connectivity index (χ4v) is 3.39. The SMILES string of the molecule is CCNC(C1=CCCCC1)c1sccc1OC. The molecule has 1 aromatic rings. The topological polar surface area (TPSA) is 21.3 Å². The van der Waals surface area contributed by atoms with E-state index in [0.29, 0.717) is 6.04 Å². The quantitative estimate of drug-likeness (QED) is 0.801. The van der Waals surface area contributed by atoms with Crippen molar-refractivity contribution in [2.45, 2.75) is 38.6 Å². The van der Waals surface area contributed by atoms with Gasteiger partial charge in [0, 0.05) is 0 Å². The monoisotopic (exact) mass is 251 g/mol. The van der Waals surface area contributed by atoms with Crippen molar-refractivity contribution >= 4 is 11.3 Å². The summed E-state index contributed by atoms with van der Waals surface area (Å²) in [6, 6.07) is 2.42. The third-order valence-corrected chi connectivity index (χ3v) is 4.21. The molecule has 2 rings (SSSR count). The highest BCUT2D eigenvalue weighted by molar-refractivity contribution is 7.10. The predicted octanol–water partition coefficient (Wildman–Crippen LogP) is 3.91. The lowest BCUT2D eigenvalue weighted by molar-refractivity contribution is 0.406. The van der Waals surface area contributed by atoms with Crippen LogP contribution in [0, 0.1) is 0 Å². The lowest BCUT2D eigenvalue weighted by atomic mass is 9.93. The van der Waals surface area contributed by atoms with Crippen molar-refractivity contribution in [3.8, 4) is 5.75 Å². The molecule has 0 radical (unpaired) electrons. The Balaban J connectivity index is 2.24. The van der Waals surface area contributed by atoms with Gasteiger partial charge in [-0.3, -0.25) is 0 Å². The second-order valence-electron chi connectivity index (χ2n) is 4.37. The number of thiophene rings is 1. The molecule has 1 heterocycles. The van der Waals surface area contributed by atoms with E-state index in [1.54, 1.807) is 24.0 Å². The zero-order chi connectivity index (χ0) is 12.1. The number of hydrogen-bond donors (Lipinski definition) is 1. The molecule has 1 aliphatic rings. The number of rotatable bonds is 5. The molecule has 2 nitrogen and oxygen atoms in total. The largest absolute Gasteiger partial charge is 0.496 e. The summed E-state index contributed by atoms with van der Waals surface area (Å²) in [5.74, 6) is 1.02. The standard InChI is InChI=1S/C14H21NOS/c1-3-15-13(11-7-5-4-6-8-11)14-12(16-2)9-10-17-14/h7,9-10,13,15H,3-6,8H2,1-2H3. The molecule has 0 saturated heterocycles. The zero-order valence-electron chi connectivity index (χ0n) is 10.7. The van der Waals surface area contributed by atoms with Crippen LogP contribution < -0.4 is 10.1 Å². The number of ether oxygens (including phenoxy) is 1. The predicted molar refractivity (Wildman–Crippen MR) is 73.8 cm³/mol. The molecule has 17 heavy (non-hydrogen) atoms. The van der Waals surface area contributed by atoms with Crippen molar-refractivity contribution in [2.75, 3.05) is 13.7 Å². The highest BCUT2D eigenvalue weighted by atomic mass is 32.1. The first-order chi connectivity index (χ1) is 8.36. The summed E-state index contributed by atoms with van der Waals surface area (Å²) in [5, 5.41) is 5.70. The van der Waals surface area contributed by atoms with E-state index >= 15 is 0 Å². The van der Waals surface area contributed by atoms with E-state index in [2.05, 4.69) is 29.8 Å². The highest BCUT2D eigenvalue weighted by Crippen LogP contribution is 2.37. The molecular weight excluding hydrogens is 230 g/mol. The Kier molecular flexibility index (Phi) is 4.63. The molecule has 0 bridgehead atoms. The molecule has 0 amide bonds. The van der Waals surface area contributed by atoms with Gasteiger partial charge in [0.05, 0.1) is 18.0 Å². The van der Waals surface area contributed by atoms with Gasteiger partial charge in [-0.25, -0.2) is 0 Å². The first-order valence-electron chi connectivity index (χ1n) is 6.40. The summed E-state index contributed by atoms with van der Waals surface area (Å²) < 4.78 is 5.45. The first-order valence-corrected chi connectivity index (χ1v) is 7.28.